The maximum atomic E-state index is 11.7. The van der Waals surface area contributed by atoms with Crippen LogP contribution in [0.15, 0.2) is 24.3 Å². The zero-order chi connectivity index (χ0) is 15.7. The van der Waals surface area contributed by atoms with Crippen molar-refractivity contribution in [2.24, 2.45) is 0 Å². The van der Waals surface area contributed by atoms with Crippen molar-refractivity contribution >= 4 is 17.5 Å². The van der Waals surface area contributed by atoms with Gasteiger partial charge in [-0.2, -0.15) is 0 Å². The minimum Gasteiger partial charge on any atom is -0.494 e. The number of hydrogen-bond donors (Lipinski definition) is 2. The first-order valence-electron chi connectivity index (χ1n) is 6.99. The normalized spacial score (nSPS) is 10.3. The molecule has 0 unspecified atom stereocenters. The van der Waals surface area contributed by atoms with Crippen LogP contribution in [-0.2, 0) is 9.59 Å². The fourth-order valence-electron chi connectivity index (χ4n) is 1.67. The molecule has 0 aromatic heterocycles. The first-order valence-corrected chi connectivity index (χ1v) is 6.99. The first-order chi connectivity index (χ1) is 10.0. The Hall–Kier alpha value is -2.08. The molecule has 0 radical (unpaired) electrons. The van der Waals surface area contributed by atoms with Crippen molar-refractivity contribution < 1.29 is 14.3 Å². The molecule has 0 fully saturated rings. The van der Waals surface area contributed by atoms with Crippen LogP contribution in [0.3, 0.4) is 0 Å². The molecule has 0 heterocycles. The molecule has 0 aliphatic rings. The van der Waals surface area contributed by atoms with E-state index in [1.165, 1.54) is 0 Å². The Balaban J connectivity index is 2.36. The van der Waals surface area contributed by atoms with Gasteiger partial charge in [0.15, 0.2) is 0 Å². The van der Waals surface area contributed by atoms with Crippen LogP contribution < -0.4 is 15.4 Å². The zero-order valence-corrected chi connectivity index (χ0v) is 12.8. The molecule has 0 saturated heterocycles. The number of nitrogens with one attached hydrogen (secondary N) is 2. The van der Waals surface area contributed by atoms with Gasteiger partial charge in [0.1, 0.15) is 5.75 Å². The lowest BCUT2D eigenvalue weighted by Gasteiger charge is -2.10. The van der Waals surface area contributed by atoms with Crippen molar-refractivity contribution in [3.8, 4) is 5.75 Å². The smallest absolute Gasteiger partial charge is 0.313 e. The maximum Gasteiger partial charge on any atom is 0.313 e. The van der Waals surface area contributed by atoms with E-state index in [0.717, 1.165) is 18.7 Å². The summed E-state index contributed by atoms with van der Waals surface area (Å²) < 4.78 is 5.30. The van der Waals surface area contributed by atoms with Crippen LogP contribution in [0.25, 0.3) is 0 Å². The van der Waals surface area contributed by atoms with E-state index in [1.807, 2.05) is 25.9 Å². The third-order valence-corrected chi connectivity index (χ3v) is 2.70. The molecule has 116 valence electrons. The van der Waals surface area contributed by atoms with Gasteiger partial charge in [-0.1, -0.05) is 0 Å². The Kier molecular flexibility index (Phi) is 7.25. The van der Waals surface area contributed by atoms with Gasteiger partial charge in [0.2, 0.25) is 0 Å². The van der Waals surface area contributed by atoms with E-state index >= 15 is 0 Å². The molecule has 1 rings (SSSR count). The molecule has 21 heavy (non-hydrogen) atoms. The van der Waals surface area contributed by atoms with E-state index in [9.17, 15) is 9.59 Å². The minimum absolute atomic E-state index is 0.480. The molecule has 0 saturated carbocycles. The number of amides is 2. The van der Waals surface area contributed by atoms with Gasteiger partial charge < -0.3 is 20.3 Å². The average molecular weight is 293 g/mol. The van der Waals surface area contributed by atoms with Gasteiger partial charge in [0, 0.05) is 12.2 Å². The largest absolute Gasteiger partial charge is 0.494 e. The van der Waals surface area contributed by atoms with Crippen molar-refractivity contribution in [3.63, 3.8) is 0 Å². The van der Waals surface area contributed by atoms with Crippen molar-refractivity contribution in [3.05, 3.63) is 24.3 Å². The van der Waals surface area contributed by atoms with Gasteiger partial charge >= 0.3 is 11.8 Å². The van der Waals surface area contributed by atoms with Gasteiger partial charge in [-0.05, 0) is 58.3 Å². The number of benzene rings is 1. The lowest BCUT2D eigenvalue weighted by molar-refractivity contribution is -0.136. The average Bonchev–Trinajstić information content (AvgIpc) is 2.45. The molecule has 2 N–H and O–H groups in total. The van der Waals surface area contributed by atoms with E-state index in [2.05, 4.69) is 10.6 Å². The minimum atomic E-state index is -0.663. The Morgan fingerprint density at radius 3 is 2.38 bits per heavy atom. The SMILES string of the molecule is CCOc1ccc(NC(=O)C(=O)NCCCN(C)C)cc1. The summed E-state index contributed by atoms with van der Waals surface area (Å²) in [5.41, 5.74) is 0.562. The van der Waals surface area contributed by atoms with Gasteiger partial charge in [-0.3, -0.25) is 9.59 Å². The number of carbonyl (C=O) groups is 2. The Morgan fingerprint density at radius 1 is 1.14 bits per heavy atom. The summed E-state index contributed by atoms with van der Waals surface area (Å²) in [7, 11) is 3.92. The van der Waals surface area contributed by atoms with Crippen molar-refractivity contribution in [1.29, 1.82) is 0 Å². The fourth-order valence-corrected chi connectivity index (χ4v) is 1.67. The monoisotopic (exact) mass is 293 g/mol. The number of nitrogens with zero attached hydrogens (tertiary/aromatic N) is 1. The number of hydrogen-bond acceptors (Lipinski definition) is 4. The third-order valence-electron chi connectivity index (χ3n) is 2.70. The number of ether oxygens (including phenoxy) is 1. The van der Waals surface area contributed by atoms with Crippen molar-refractivity contribution in [2.75, 3.05) is 39.1 Å². The molecule has 6 heteroatoms. The summed E-state index contributed by atoms with van der Waals surface area (Å²) in [6, 6.07) is 6.88. The van der Waals surface area contributed by atoms with Gasteiger partial charge in [-0.15, -0.1) is 0 Å². The van der Waals surface area contributed by atoms with Crippen LogP contribution >= 0.6 is 0 Å². The Bertz CT molecular complexity index is 458. The molecule has 0 aliphatic carbocycles. The molecule has 0 atom stereocenters. The topological polar surface area (TPSA) is 70.7 Å². The second-order valence-corrected chi connectivity index (χ2v) is 4.82. The van der Waals surface area contributed by atoms with E-state index < -0.39 is 11.8 Å². The van der Waals surface area contributed by atoms with Gasteiger partial charge in [-0.25, -0.2) is 0 Å². The van der Waals surface area contributed by atoms with Crippen molar-refractivity contribution in [2.45, 2.75) is 13.3 Å². The maximum absolute atomic E-state index is 11.7. The van der Waals surface area contributed by atoms with Crippen LogP contribution in [0.2, 0.25) is 0 Å². The highest BCUT2D eigenvalue weighted by atomic mass is 16.5. The van der Waals surface area contributed by atoms with Gasteiger partial charge in [0.05, 0.1) is 6.61 Å². The summed E-state index contributed by atoms with van der Waals surface area (Å²) in [5.74, 6) is -0.560. The summed E-state index contributed by atoms with van der Waals surface area (Å²) in [5, 5.41) is 5.13. The molecular weight excluding hydrogens is 270 g/mol. The second kappa shape index (κ2) is 8.97. The molecule has 1 aromatic carbocycles. The van der Waals surface area contributed by atoms with Gasteiger partial charge in [0.25, 0.3) is 0 Å². The van der Waals surface area contributed by atoms with E-state index in [-0.39, 0.29) is 0 Å². The first kappa shape index (κ1) is 17.0. The number of rotatable bonds is 7. The lowest BCUT2D eigenvalue weighted by atomic mass is 10.3. The number of anilines is 1. The highest BCUT2D eigenvalue weighted by Crippen LogP contribution is 2.15. The molecule has 2 amide bonds. The highest BCUT2D eigenvalue weighted by molar-refractivity contribution is 6.39. The summed E-state index contributed by atoms with van der Waals surface area (Å²) >= 11 is 0. The fraction of sp³-hybridized carbons (Fsp3) is 0.467. The number of carbonyl (C=O) groups excluding carboxylic acids is 2. The predicted molar refractivity (Wildman–Crippen MR) is 82.4 cm³/mol. The predicted octanol–water partition coefficient (Wildman–Crippen LogP) is 1.09. The van der Waals surface area contributed by atoms with Crippen LogP contribution in [0.4, 0.5) is 5.69 Å². The second-order valence-electron chi connectivity index (χ2n) is 4.82. The molecule has 0 bridgehead atoms. The van der Waals surface area contributed by atoms with E-state index in [1.54, 1.807) is 24.3 Å². The van der Waals surface area contributed by atoms with Crippen LogP contribution in [-0.4, -0.2) is 50.5 Å². The van der Waals surface area contributed by atoms with Crippen LogP contribution in [0.5, 0.6) is 5.75 Å². The van der Waals surface area contributed by atoms with Crippen molar-refractivity contribution in [1.82, 2.24) is 10.2 Å². The third kappa shape index (κ3) is 6.76. The summed E-state index contributed by atoms with van der Waals surface area (Å²) in [6.07, 6.45) is 0.801. The lowest BCUT2D eigenvalue weighted by Crippen LogP contribution is -2.36. The summed E-state index contributed by atoms with van der Waals surface area (Å²) in [6.45, 7) is 3.83. The molecule has 6 nitrogen and oxygen atoms in total. The van der Waals surface area contributed by atoms with Crippen LogP contribution in [0, 0.1) is 0 Å². The zero-order valence-electron chi connectivity index (χ0n) is 12.8. The molecule has 1 aromatic rings. The highest BCUT2D eigenvalue weighted by Gasteiger charge is 2.12. The standard InChI is InChI=1S/C15H23N3O3/c1-4-21-13-8-6-12(7-9-13)17-15(20)14(19)16-10-5-11-18(2)3/h6-9H,4-5,10-11H2,1-3H3,(H,16,19)(H,17,20). The molecule has 0 spiro atoms. The quantitative estimate of drug-likeness (QED) is 0.583. The van der Waals surface area contributed by atoms with Crippen LogP contribution in [0.1, 0.15) is 13.3 Å². The van der Waals surface area contributed by atoms with E-state index in [0.29, 0.717) is 18.8 Å². The Labute approximate surface area is 125 Å². The Morgan fingerprint density at radius 2 is 1.81 bits per heavy atom. The molecular formula is C15H23N3O3. The molecule has 0 aliphatic heterocycles. The summed E-state index contributed by atoms with van der Waals surface area (Å²) in [4.78, 5) is 25.3. The van der Waals surface area contributed by atoms with E-state index in [4.69, 9.17) is 4.74 Å².